The lowest BCUT2D eigenvalue weighted by Gasteiger charge is -2.40. The SMILES string of the molecule is Cc1cnnc(N2CCCCC2C2CCCN2)c1. The molecular weight excluding hydrogens is 224 g/mol. The van der Waals surface area contributed by atoms with Gasteiger partial charge in [-0.05, 0) is 57.2 Å². The third kappa shape index (κ3) is 2.34. The fourth-order valence-corrected chi connectivity index (χ4v) is 3.29. The molecule has 1 aromatic heterocycles. The molecular formula is C14H22N4. The van der Waals surface area contributed by atoms with Crippen molar-refractivity contribution >= 4 is 5.82 Å². The summed E-state index contributed by atoms with van der Waals surface area (Å²) in [4.78, 5) is 2.48. The van der Waals surface area contributed by atoms with Crippen molar-refractivity contribution in [2.45, 2.75) is 51.1 Å². The van der Waals surface area contributed by atoms with E-state index in [4.69, 9.17) is 0 Å². The molecule has 0 amide bonds. The first-order valence-electron chi connectivity index (χ1n) is 7.14. The van der Waals surface area contributed by atoms with Crippen molar-refractivity contribution in [1.29, 1.82) is 0 Å². The summed E-state index contributed by atoms with van der Waals surface area (Å²) in [6.07, 6.45) is 8.36. The van der Waals surface area contributed by atoms with Gasteiger partial charge in [0.15, 0.2) is 5.82 Å². The standard InChI is InChI=1S/C14H22N4/c1-11-9-14(17-16-10-11)18-8-3-2-6-13(18)12-5-4-7-15-12/h9-10,12-13,15H,2-8H2,1H3. The van der Waals surface area contributed by atoms with E-state index in [0.717, 1.165) is 12.4 Å². The van der Waals surface area contributed by atoms with Gasteiger partial charge in [0.05, 0.1) is 6.20 Å². The Balaban J connectivity index is 1.82. The summed E-state index contributed by atoms with van der Waals surface area (Å²) in [5.74, 6) is 1.06. The van der Waals surface area contributed by atoms with Crippen LogP contribution in [0.15, 0.2) is 12.3 Å². The summed E-state index contributed by atoms with van der Waals surface area (Å²) in [6, 6.07) is 3.42. The van der Waals surface area contributed by atoms with Gasteiger partial charge < -0.3 is 10.2 Å². The van der Waals surface area contributed by atoms with E-state index in [1.165, 1.54) is 44.2 Å². The van der Waals surface area contributed by atoms with Crippen LogP contribution in [0.25, 0.3) is 0 Å². The first kappa shape index (κ1) is 11.9. The molecule has 0 aromatic carbocycles. The summed E-state index contributed by atoms with van der Waals surface area (Å²) >= 11 is 0. The number of anilines is 1. The van der Waals surface area contributed by atoms with Gasteiger partial charge in [-0.15, -0.1) is 5.10 Å². The molecule has 98 valence electrons. The Kier molecular flexibility index (Phi) is 3.46. The van der Waals surface area contributed by atoms with Gasteiger partial charge in [0, 0.05) is 18.6 Å². The summed E-state index contributed by atoms with van der Waals surface area (Å²) in [5, 5.41) is 12.1. The molecule has 1 aromatic rings. The van der Waals surface area contributed by atoms with Gasteiger partial charge in [0.1, 0.15) is 0 Å². The maximum absolute atomic E-state index is 4.33. The predicted molar refractivity (Wildman–Crippen MR) is 72.8 cm³/mol. The highest BCUT2D eigenvalue weighted by Crippen LogP contribution is 2.28. The second-order valence-corrected chi connectivity index (χ2v) is 5.55. The fourth-order valence-electron chi connectivity index (χ4n) is 3.29. The molecule has 2 unspecified atom stereocenters. The Morgan fingerprint density at radius 1 is 1.28 bits per heavy atom. The van der Waals surface area contributed by atoms with Crippen molar-refractivity contribution in [3.63, 3.8) is 0 Å². The first-order valence-corrected chi connectivity index (χ1v) is 7.14. The quantitative estimate of drug-likeness (QED) is 0.865. The third-order valence-corrected chi connectivity index (χ3v) is 4.18. The van der Waals surface area contributed by atoms with Crippen LogP contribution in [0.1, 0.15) is 37.7 Å². The average molecular weight is 246 g/mol. The zero-order chi connectivity index (χ0) is 12.4. The topological polar surface area (TPSA) is 41.1 Å². The highest BCUT2D eigenvalue weighted by molar-refractivity contribution is 5.41. The first-order chi connectivity index (χ1) is 8.84. The van der Waals surface area contributed by atoms with E-state index in [-0.39, 0.29) is 0 Å². The van der Waals surface area contributed by atoms with Crippen LogP contribution < -0.4 is 10.2 Å². The monoisotopic (exact) mass is 246 g/mol. The Hall–Kier alpha value is -1.16. The van der Waals surface area contributed by atoms with Crippen molar-refractivity contribution in [2.75, 3.05) is 18.0 Å². The normalized spacial score (nSPS) is 28.6. The van der Waals surface area contributed by atoms with E-state index < -0.39 is 0 Å². The van der Waals surface area contributed by atoms with Crippen molar-refractivity contribution < 1.29 is 0 Å². The predicted octanol–water partition coefficient (Wildman–Crippen LogP) is 1.90. The molecule has 4 heteroatoms. The molecule has 0 radical (unpaired) electrons. The van der Waals surface area contributed by atoms with Gasteiger partial charge in [-0.2, -0.15) is 5.10 Å². The summed E-state index contributed by atoms with van der Waals surface area (Å²) in [5.41, 5.74) is 1.20. The smallest absolute Gasteiger partial charge is 0.151 e. The second kappa shape index (κ2) is 5.22. The molecule has 2 aliphatic rings. The zero-order valence-corrected chi connectivity index (χ0v) is 11.1. The third-order valence-electron chi connectivity index (χ3n) is 4.18. The Morgan fingerprint density at radius 2 is 2.22 bits per heavy atom. The van der Waals surface area contributed by atoms with Crippen LogP contribution in [0.3, 0.4) is 0 Å². The maximum Gasteiger partial charge on any atom is 0.151 e. The van der Waals surface area contributed by atoms with Crippen LogP contribution in [-0.4, -0.2) is 35.4 Å². The minimum atomic E-state index is 0.609. The minimum Gasteiger partial charge on any atom is -0.351 e. The molecule has 0 spiro atoms. The van der Waals surface area contributed by atoms with E-state index in [1.807, 2.05) is 6.20 Å². The van der Waals surface area contributed by atoms with Gasteiger partial charge in [0.25, 0.3) is 0 Å². The largest absolute Gasteiger partial charge is 0.351 e. The molecule has 0 bridgehead atoms. The molecule has 2 atom stereocenters. The molecule has 18 heavy (non-hydrogen) atoms. The van der Waals surface area contributed by atoms with Crippen molar-refractivity contribution in [3.8, 4) is 0 Å². The number of rotatable bonds is 2. The second-order valence-electron chi connectivity index (χ2n) is 5.55. The van der Waals surface area contributed by atoms with Crippen LogP contribution >= 0.6 is 0 Å². The van der Waals surface area contributed by atoms with Gasteiger partial charge >= 0.3 is 0 Å². The lowest BCUT2D eigenvalue weighted by molar-refractivity contribution is 0.375. The molecule has 2 aliphatic heterocycles. The van der Waals surface area contributed by atoms with E-state index in [1.54, 1.807) is 0 Å². The van der Waals surface area contributed by atoms with Gasteiger partial charge in [-0.1, -0.05) is 0 Å². The van der Waals surface area contributed by atoms with E-state index in [2.05, 4.69) is 33.4 Å². The molecule has 4 nitrogen and oxygen atoms in total. The van der Waals surface area contributed by atoms with Crippen molar-refractivity contribution in [2.24, 2.45) is 0 Å². The molecule has 3 rings (SSSR count). The summed E-state index contributed by atoms with van der Waals surface area (Å²) in [6.45, 7) is 4.39. The number of nitrogens with one attached hydrogen (secondary N) is 1. The van der Waals surface area contributed by atoms with Gasteiger partial charge in [0.2, 0.25) is 0 Å². The highest BCUT2D eigenvalue weighted by atomic mass is 15.3. The average Bonchev–Trinajstić information content (AvgIpc) is 2.92. The van der Waals surface area contributed by atoms with Gasteiger partial charge in [-0.3, -0.25) is 0 Å². The number of aryl methyl sites for hydroxylation is 1. The Morgan fingerprint density at radius 3 is 3.00 bits per heavy atom. The maximum atomic E-state index is 4.33. The lowest BCUT2D eigenvalue weighted by atomic mass is 9.94. The number of aromatic nitrogens is 2. The summed E-state index contributed by atoms with van der Waals surface area (Å²) < 4.78 is 0. The van der Waals surface area contributed by atoms with Crippen LogP contribution in [-0.2, 0) is 0 Å². The molecule has 0 aliphatic carbocycles. The Bertz CT molecular complexity index is 401. The number of piperidine rings is 1. The van der Waals surface area contributed by atoms with E-state index >= 15 is 0 Å². The highest BCUT2D eigenvalue weighted by Gasteiger charge is 2.32. The van der Waals surface area contributed by atoms with E-state index in [0.29, 0.717) is 12.1 Å². The number of nitrogens with zero attached hydrogens (tertiary/aromatic N) is 3. The van der Waals surface area contributed by atoms with Crippen LogP contribution in [0.2, 0.25) is 0 Å². The molecule has 0 saturated carbocycles. The lowest BCUT2D eigenvalue weighted by Crippen LogP contribution is -2.50. The molecule has 3 heterocycles. The number of hydrogen-bond donors (Lipinski definition) is 1. The van der Waals surface area contributed by atoms with Gasteiger partial charge in [-0.25, -0.2) is 0 Å². The zero-order valence-electron chi connectivity index (χ0n) is 11.1. The molecule has 2 saturated heterocycles. The van der Waals surface area contributed by atoms with E-state index in [9.17, 15) is 0 Å². The number of hydrogen-bond acceptors (Lipinski definition) is 4. The fraction of sp³-hybridized carbons (Fsp3) is 0.714. The summed E-state index contributed by atoms with van der Waals surface area (Å²) in [7, 11) is 0. The van der Waals surface area contributed by atoms with Crippen molar-refractivity contribution in [1.82, 2.24) is 15.5 Å². The van der Waals surface area contributed by atoms with Crippen molar-refractivity contribution in [3.05, 3.63) is 17.8 Å². The van der Waals surface area contributed by atoms with Crippen LogP contribution in [0, 0.1) is 6.92 Å². The minimum absolute atomic E-state index is 0.609. The van der Waals surface area contributed by atoms with Crippen LogP contribution in [0.5, 0.6) is 0 Å². The molecule has 2 fully saturated rings. The Labute approximate surface area is 109 Å². The molecule has 1 N–H and O–H groups in total. The van der Waals surface area contributed by atoms with Crippen LogP contribution in [0.4, 0.5) is 5.82 Å².